The molecule has 7 heteroatoms. The molecule has 6 nitrogen and oxygen atoms in total. The van der Waals surface area contributed by atoms with Crippen molar-refractivity contribution < 1.29 is 14.3 Å². The van der Waals surface area contributed by atoms with E-state index in [9.17, 15) is 9.90 Å². The second-order valence-corrected chi connectivity index (χ2v) is 5.44. The van der Waals surface area contributed by atoms with Crippen molar-refractivity contribution in [2.75, 3.05) is 12.9 Å². The Labute approximate surface area is 120 Å². The third-order valence-corrected chi connectivity index (χ3v) is 4.16. The fraction of sp³-hybridized carbons (Fsp3) is 0.385. The molecule has 0 bridgehead atoms. The van der Waals surface area contributed by atoms with E-state index in [0.717, 1.165) is 0 Å². The highest BCUT2D eigenvalue weighted by Crippen LogP contribution is 2.18. The number of H-pyrrole nitrogens is 1. The number of furan rings is 1. The molecule has 2 atom stereocenters. The zero-order valence-electron chi connectivity index (χ0n) is 11.3. The number of thioether (sulfide) groups is 1. The van der Waals surface area contributed by atoms with Crippen LogP contribution in [-0.4, -0.2) is 45.4 Å². The summed E-state index contributed by atoms with van der Waals surface area (Å²) in [5.74, 6) is 0.348. The van der Waals surface area contributed by atoms with Gasteiger partial charge in [0.05, 0.1) is 12.9 Å². The monoisotopic (exact) mass is 295 g/mol. The van der Waals surface area contributed by atoms with E-state index in [4.69, 9.17) is 4.42 Å². The maximum absolute atomic E-state index is 12.1. The van der Waals surface area contributed by atoms with E-state index in [0.29, 0.717) is 17.1 Å². The number of aliphatic hydroxyl groups excluding tert-OH is 1. The van der Waals surface area contributed by atoms with Crippen molar-refractivity contribution in [1.82, 2.24) is 15.5 Å². The Bertz CT molecular complexity index is 549. The zero-order valence-corrected chi connectivity index (χ0v) is 12.1. The summed E-state index contributed by atoms with van der Waals surface area (Å²) in [5, 5.41) is 18.7. The van der Waals surface area contributed by atoms with Crippen LogP contribution >= 0.6 is 11.8 Å². The van der Waals surface area contributed by atoms with Gasteiger partial charge in [-0.2, -0.15) is 16.9 Å². The molecule has 0 aliphatic heterocycles. The van der Waals surface area contributed by atoms with E-state index < -0.39 is 0 Å². The molecular weight excluding hydrogens is 278 g/mol. The quantitative estimate of drug-likeness (QED) is 0.751. The summed E-state index contributed by atoms with van der Waals surface area (Å²) >= 11 is 1.51. The van der Waals surface area contributed by atoms with Crippen LogP contribution in [0, 0.1) is 0 Å². The molecule has 0 saturated carbocycles. The van der Waals surface area contributed by atoms with Gasteiger partial charge >= 0.3 is 0 Å². The second-order valence-electron chi connectivity index (χ2n) is 4.36. The molecule has 0 aromatic carbocycles. The molecule has 0 aliphatic rings. The van der Waals surface area contributed by atoms with E-state index in [1.165, 1.54) is 11.8 Å². The average Bonchev–Trinajstić information content (AvgIpc) is 3.11. The summed E-state index contributed by atoms with van der Waals surface area (Å²) in [6.45, 7) is 1.87. The number of rotatable bonds is 6. The summed E-state index contributed by atoms with van der Waals surface area (Å²) < 4.78 is 5.23. The van der Waals surface area contributed by atoms with E-state index >= 15 is 0 Å². The summed E-state index contributed by atoms with van der Waals surface area (Å²) in [5.41, 5.74) is 0.942. The molecular formula is C13H17N3O3S. The summed E-state index contributed by atoms with van der Waals surface area (Å²) in [7, 11) is 0. The molecule has 0 fully saturated rings. The number of nitrogens with zero attached hydrogens (tertiary/aromatic N) is 1. The van der Waals surface area contributed by atoms with Gasteiger partial charge in [0.1, 0.15) is 5.69 Å². The normalized spacial score (nSPS) is 13.9. The first-order valence-corrected chi connectivity index (χ1v) is 7.48. The van der Waals surface area contributed by atoms with Crippen molar-refractivity contribution in [2.45, 2.75) is 18.2 Å². The van der Waals surface area contributed by atoms with Gasteiger partial charge in [-0.25, -0.2) is 0 Å². The zero-order chi connectivity index (χ0) is 14.5. The standard InChI is InChI=1S/C13H17N3O3S/c1-8(12(7-17)20-2)14-13(18)10-6-9(15-16-10)11-4-3-5-19-11/h3-6,8,12,17H,7H2,1-2H3,(H,14,18)(H,15,16). The molecule has 1 amide bonds. The van der Waals surface area contributed by atoms with Crippen LogP contribution in [0.15, 0.2) is 28.9 Å². The number of hydrogen-bond donors (Lipinski definition) is 3. The minimum Gasteiger partial charge on any atom is -0.463 e. The predicted octanol–water partition coefficient (Wildman–Crippen LogP) is 1.51. The highest BCUT2D eigenvalue weighted by molar-refractivity contribution is 7.99. The highest BCUT2D eigenvalue weighted by Gasteiger charge is 2.20. The van der Waals surface area contributed by atoms with Crippen LogP contribution in [0.2, 0.25) is 0 Å². The molecule has 2 aromatic rings. The molecule has 20 heavy (non-hydrogen) atoms. The van der Waals surface area contributed by atoms with Gasteiger partial charge in [0.15, 0.2) is 11.5 Å². The van der Waals surface area contributed by atoms with Crippen molar-refractivity contribution >= 4 is 17.7 Å². The Hall–Kier alpha value is -1.73. The predicted molar refractivity (Wildman–Crippen MR) is 77.6 cm³/mol. The third-order valence-electron chi connectivity index (χ3n) is 3.00. The third kappa shape index (κ3) is 3.23. The topological polar surface area (TPSA) is 91.1 Å². The van der Waals surface area contributed by atoms with Crippen LogP contribution in [-0.2, 0) is 0 Å². The molecule has 2 aromatic heterocycles. The molecule has 0 saturated heterocycles. The van der Waals surface area contributed by atoms with Crippen LogP contribution in [0.3, 0.4) is 0 Å². The number of aromatic amines is 1. The van der Waals surface area contributed by atoms with Crippen LogP contribution < -0.4 is 5.32 Å². The van der Waals surface area contributed by atoms with Gasteiger partial charge in [-0.15, -0.1) is 0 Å². The van der Waals surface area contributed by atoms with Gasteiger partial charge in [0, 0.05) is 17.4 Å². The SMILES string of the molecule is CSC(CO)C(C)NC(=O)c1cc(-c2ccco2)[nH]n1. The molecule has 0 spiro atoms. The van der Waals surface area contributed by atoms with Gasteiger partial charge in [0.25, 0.3) is 5.91 Å². The van der Waals surface area contributed by atoms with Gasteiger partial charge in [-0.3, -0.25) is 9.89 Å². The van der Waals surface area contributed by atoms with Gasteiger partial charge < -0.3 is 14.8 Å². The fourth-order valence-electron chi connectivity index (χ4n) is 1.81. The van der Waals surface area contributed by atoms with Crippen molar-refractivity contribution in [1.29, 1.82) is 0 Å². The summed E-state index contributed by atoms with van der Waals surface area (Å²) in [6.07, 6.45) is 3.45. The Morgan fingerprint density at radius 2 is 2.45 bits per heavy atom. The van der Waals surface area contributed by atoms with E-state index in [1.807, 2.05) is 13.2 Å². The Morgan fingerprint density at radius 3 is 3.05 bits per heavy atom. The lowest BCUT2D eigenvalue weighted by atomic mass is 10.2. The number of hydrogen-bond acceptors (Lipinski definition) is 5. The maximum Gasteiger partial charge on any atom is 0.272 e. The Kier molecular flexibility index (Phi) is 4.86. The van der Waals surface area contributed by atoms with Crippen molar-refractivity contribution in [3.05, 3.63) is 30.2 Å². The molecule has 2 rings (SSSR count). The van der Waals surface area contributed by atoms with Crippen LogP contribution in [0.4, 0.5) is 0 Å². The van der Waals surface area contributed by atoms with E-state index in [2.05, 4.69) is 15.5 Å². The molecule has 0 aliphatic carbocycles. The summed E-state index contributed by atoms with van der Waals surface area (Å²) in [4.78, 5) is 12.1. The van der Waals surface area contributed by atoms with Crippen LogP contribution in [0.5, 0.6) is 0 Å². The number of aromatic nitrogens is 2. The molecule has 3 N–H and O–H groups in total. The van der Waals surface area contributed by atoms with E-state index in [-0.39, 0.29) is 23.8 Å². The summed E-state index contributed by atoms with van der Waals surface area (Å²) in [6, 6.07) is 5.04. The minimum atomic E-state index is -0.279. The van der Waals surface area contributed by atoms with Gasteiger partial charge in [-0.05, 0) is 25.3 Å². The smallest absolute Gasteiger partial charge is 0.272 e. The first-order valence-electron chi connectivity index (χ1n) is 6.19. The maximum atomic E-state index is 12.1. The fourth-order valence-corrected chi connectivity index (χ4v) is 2.43. The van der Waals surface area contributed by atoms with Crippen LogP contribution in [0.25, 0.3) is 11.5 Å². The van der Waals surface area contributed by atoms with Gasteiger partial charge in [0.2, 0.25) is 0 Å². The van der Waals surface area contributed by atoms with E-state index in [1.54, 1.807) is 24.5 Å². The lowest BCUT2D eigenvalue weighted by Gasteiger charge is -2.20. The first-order chi connectivity index (χ1) is 9.65. The lowest BCUT2D eigenvalue weighted by molar-refractivity contribution is 0.0931. The Morgan fingerprint density at radius 1 is 1.65 bits per heavy atom. The largest absolute Gasteiger partial charge is 0.463 e. The van der Waals surface area contributed by atoms with Crippen molar-refractivity contribution in [3.8, 4) is 11.5 Å². The number of nitrogens with one attached hydrogen (secondary N) is 2. The van der Waals surface area contributed by atoms with Crippen molar-refractivity contribution in [2.24, 2.45) is 0 Å². The molecule has 108 valence electrons. The van der Waals surface area contributed by atoms with Gasteiger partial charge in [-0.1, -0.05) is 0 Å². The molecule has 2 heterocycles. The second kappa shape index (κ2) is 6.62. The lowest BCUT2D eigenvalue weighted by Crippen LogP contribution is -2.41. The van der Waals surface area contributed by atoms with Crippen molar-refractivity contribution in [3.63, 3.8) is 0 Å². The minimum absolute atomic E-state index is 0.0147. The van der Waals surface area contributed by atoms with Crippen LogP contribution in [0.1, 0.15) is 17.4 Å². The first kappa shape index (κ1) is 14.7. The number of carbonyl (C=O) groups excluding carboxylic acids is 1. The molecule has 0 radical (unpaired) electrons. The average molecular weight is 295 g/mol. The number of aliphatic hydroxyl groups is 1. The highest BCUT2D eigenvalue weighted by atomic mass is 32.2. The number of amides is 1. The Balaban J connectivity index is 2.03. The molecule has 2 unspecified atom stereocenters. The number of carbonyl (C=O) groups is 1.